The molecule has 1 aliphatic heterocycles. The third kappa shape index (κ3) is 2.29. The summed E-state index contributed by atoms with van der Waals surface area (Å²) in [6.07, 6.45) is 3.20. The van der Waals surface area contributed by atoms with Crippen LogP contribution in [0, 0.1) is 0 Å². The summed E-state index contributed by atoms with van der Waals surface area (Å²) < 4.78 is 5.69. The van der Waals surface area contributed by atoms with Gasteiger partial charge in [0.1, 0.15) is 0 Å². The molecule has 2 aliphatic rings. The number of hydrogen-bond acceptors (Lipinski definition) is 3. The first kappa shape index (κ1) is 13.1. The normalized spacial score (nSPS) is 25.3. The molecule has 2 atom stereocenters. The summed E-state index contributed by atoms with van der Waals surface area (Å²) >= 11 is 0. The van der Waals surface area contributed by atoms with Gasteiger partial charge >= 0.3 is 5.97 Å². The second-order valence-electron chi connectivity index (χ2n) is 5.29. The average Bonchev–Trinajstić information content (AvgIpc) is 2.95. The maximum Gasteiger partial charge on any atom is 0.335 e. The van der Waals surface area contributed by atoms with Gasteiger partial charge in [0, 0.05) is 12.1 Å². The van der Waals surface area contributed by atoms with Crippen LogP contribution in [0.2, 0.25) is 0 Å². The van der Waals surface area contributed by atoms with Gasteiger partial charge in [-0.15, -0.1) is 0 Å². The van der Waals surface area contributed by atoms with Crippen molar-refractivity contribution in [2.45, 2.75) is 31.4 Å². The molecule has 1 saturated heterocycles. The number of carboxylic acid groups (broad SMARTS) is 1. The summed E-state index contributed by atoms with van der Waals surface area (Å²) in [6.45, 7) is 1.14. The van der Waals surface area contributed by atoms with E-state index in [2.05, 4.69) is 0 Å². The molecule has 1 N–H and O–H groups in total. The fraction of sp³-hybridized carbons (Fsp3) is 0.467. The SMILES string of the molecule is O=C(O)c1cccc(C(=O)N2CCO[C@@H]3CCC[C@H]32)c1. The quantitative estimate of drug-likeness (QED) is 0.893. The van der Waals surface area contributed by atoms with Crippen LogP contribution in [0.25, 0.3) is 0 Å². The molecule has 2 fully saturated rings. The molecule has 3 rings (SSSR count). The summed E-state index contributed by atoms with van der Waals surface area (Å²) in [5, 5.41) is 9.01. The van der Waals surface area contributed by atoms with Crippen molar-refractivity contribution in [2.75, 3.05) is 13.2 Å². The first-order chi connectivity index (χ1) is 9.66. The monoisotopic (exact) mass is 275 g/mol. The lowest BCUT2D eigenvalue weighted by Crippen LogP contribution is -2.51. The Hall–Kier alpha value is -1.88. The van der Waals surface area contributed by atoms with Crippen LogP contribution < -0.4 is 0 Å². The van der Waals surface area contributed by atoms with Crippen LogP contribution in [0.15, 0.2) is 24.3 Å². The zero-order chi connectivity index (χ0) is 14.1. The summed E-state index contributed by atoms with van der Waals surface area (Å²) in [4.78, 5) is 25.4. The highest BCUT2D eigenvalue weighted by molar-refractivity contribution is 5.97. The Kier molecular flexibility index (Phi) is 3.44. The van der Waals surface area contributed by atoms with Crippen molar-refractivity contribution in [1.82, 2.24) is 4.90 Å². The second-order valence-corrected chi connectivity index (χ2v) is 5.29. The van der Waals surface area contributed by atoms with Crippen molar-refractivity contribution in [2.24, 2.45) is 0 Å². The van der Waals surface area contributed by atoms with E-state index in [1.807, 2.05) is 4.90 Å². The third-order valence-corrected chi connectivity index (χ3v) is 4.10. The minimum absolute atomic E-state index is 0.0895. The van der Waals surface area contributed by atoms with Gasteiger partial charge in [-0.25, -0.2) is 4.79 Å². The topological polar surface area (TPSA) is 66.8 Å². The molecule has 1 aliphatic carbocycles. The molecule has 1 saturated carbocycles. The van der Waals surface area contributed by atoms with E-state index in [0.717, 1.165) is 19.3 Å². The first-order valence-corrected chi connectivity index (χ1v) is 6.93. The molecule has 5 nitrogen and oxygen atoms in total. The Balaban J connectivity index is 1.84. The summed E-state index contributed by atoms with van der Waals surface area (Å²) in [6, 6.07) is 6.38. The Bertz CT molecular complexity index is 542. The Morgan fingerprint density at radius 1 is 1.25 bits per heavy atom. The smallest absolute Gasteiger partial charge is 0.335 e. The van der Waals surface area contributed by atoms with Gasteiger partial charge in [-0.1, -0.05) is 6.07 Å². The molecule has 0 bridgehead atoms. The predicted molar refractivity (Wildman–Crippen MR) is 71.8 cm³/mol. The number of rotatable bonds is 2. The average molecular weight is 275 g/mol. The molecule has 0 unspecified atom stereocenters. The number of fused-ring (bicyclic) bond motifs is 1. The molecule has 1 aromatic carbocycles. The summed E-state index contributed by atoms with van der Waals surface area (Å²) in [7, 11) is 0. The lowest BCUT2D eigenvalue weighted by molar-refractivity contribution is -0.0445. The standard InChI is InChI=1S/C15H17NO4/c17-14(10-3-1-4-11(9-10)15(18)19)16-7-8-20-13-6-2-5-12(13)16/h1,3-4,9,12-13H,2,5-8H2,(H,18,19)/t12-,13-/m1/s1. The van der Waals surface area contributed by atoms with Crippen LogP contribution in [0.3, 0.4) is 0 Å². The maximum atomic E-state index is 12.6. The van der Waals surface area contributed by atoms with Crippen molar-refractivity contribution in [1.29, 1.82) is 0 Å². The van der Waals surface area contributed by atoms with E-state index in [1.165, 1.54) is 12.1 Å². The lowest BCUT2D eigenvalue weighted by Gasteiger charge is -2.37. The van der Waals surface area contributed by atoms with Gasteiger partial charge in [-0.05, 0) is 37.5 Å². The van der Waals surface area contributed by atoms with Crippen molar-refractivity contribution in [3.8, 4) is 0 Å². The number of morpholine rings is 1. The van der Waals surface area contributed by atoms with E-state index in [4.69, 9.17) is 9.84 Å². The van der Waals surface area contributed by atoms with Crippen LogP contribution in [-0.4, -0.2) is 47.2 Å². The molecule has 1 aromatic rings. The minimum Gasteiger partial charge on any atom is -0.478 e. The molecular formula is C15H17NO4. The van der Waals surface area contributed by atoms with Crippen LogP contribution in [0.1, 0.15) is 40.0 Å². The van der Waals surface area contributed by atoms with E-state index in [9.17, 15) is 9.59 Å². The first-order valence-electron chi connectivity index (χ1n) is 6.93. The van der Waals surface area contributed by atoms with Gasteiger partial charge in [-0.2, -0.15) is 0 Å². The van der Waals surface area contributed by atoms with E-state index in [0.29, 0.717) is 18.7 Å². The maximum absolute atomic E-state index is 12.6. The number of amides is 1. The number of benzene rings is 1. The molecule has 106 valence electrons. The molecule has 0 aromatic heterocycles. The number of aromatic carboxylic acids is 1. The van der Waals surface area contributed by atoms with Gasteiger partial charge < -0.3 is 14.7 Å². The zero-order valence-electron chi connectivity index (χ0n) is 11.1. The molecule has 0 radical (unpaired) electrons. The van der Waals surface area contributed by atoms with Gasteiger partial charge in [0.2, 0.25) is 0 Å². The van der Waals surface area contributed by atoms with Crippen molar-refractivity contribution in [3.63, 3.8) is 0 Å². The summed E-state index contributed by atoms with van der Waals surface area (Å²) in [5.74, 6) is -1.10. The van der Waals surface area contributed by atoms with Crippen LogP contribution in [-0.2, 0) is 4.74 Å². The highest BCUT2D eigenvalue weighted by Crippen LogP contribution is 2.30. The Morgan fingerprint density at radius 2 is 2.05 bits per heavy atom. The Morgan fingerprint density at radius 3 is 2.85 bits per heavy atom. The van der Waals surface area contributed by atoms with Gasteiger partial charge in [0.05, 0.1) is 24.3 Å². The van der Waals surface area contributed by atoms with Gasteiger partial charge in [0.25, 0.3) is 5.91 Å². The molecule has 20 heavy (non-hydrogen) atoms. The van der Waals surface area contributed by atoms with Crippen molar-refractivity contribution < 1.29 is 19.4 Å². The number of carboxylic acids is 1. The molecule has 1 heterocycles. The zero-order valence-corrected chi connectivity index (χ0v) is 11.1. The highest BCUT2D eigenvalue weighted by Gasteiger charge is 2.38. The molecule has 5 heteroatoms. The second kappa shape index (κ2) is 5.25. The molecule has 1 amide bonds. The van der Waals surface area contributed by atoms with E-state index < -0.39 is 5.97 Å². The number of ether oxygens (including phenoxy) is 1. The fourth-order valence-electron chi connectivity index (χ4n) is 3.13. The van der Waals surface area contributed by atoms with E-state index in [-0.39, 0.29) is 23.6 Å². The largest absolute Gasteiger partial charge is 0.478 e. The number of carbonyl (C=O) groups is 2. The van der Waals surface area contributed by atoms with E-state index >= 15 is 0 Å². The van der Waals surface area contributed by atoms with Crippen LogP contribution in [0.4, 0.5) is 0 Å². The lowest BCUT2D eigenvalue weighted by atomic mass is 10.1. The minimum atomic E-state index is -1.01. The van der Waals surface area contributed by atoms with Crippen molar-refractivity contribution in [3.05, 3.63) is 35.4 Å². The molecular weight excluding hydrogens is 258 g/mol. The van der Waals surface area contributed by atoms with E-state index in [1.54, 1.807) is 12.1 Å². The predicted octanol–water partition coefficient (Wildman–Crippen LogP) is 1.78. The van der Waals surface area contributed by atoms with Gasteiger partial charge in [0.15, 0.2) is 0 Å². The van der Waals surface area contributed by atoms with Crippen LogP contribution >= 0.6 is 0 Å². The van der Waals surface area contributed by atoms with Crippen LogP contribution in [0.5, 0.6) is 0 Å². The Labute approximate surface area is 117 Å². The number of hydrogen-bond donors (Lipinski definition) is 1. The number of nitrogens with zero attached hydrogens (tertiary/aromatic N) is 1. The third-order valence-electron chi connectivity index (χ3n) is 4.10. The fourth-order valence-corrected chi connectivity index (χ4v) is 3.13. The number of carbonyl (C=O) groups excluding carboxylic acids is 1. The van der Waals surface area contributed by atoms with Crippen molar-refractivity contribution >= 4 is 11.9 Å². The summed E-state index contributed by atoms with van der Waals surface area (Å²) in [5.41, 5.74) is 0.588. The highest BCUT2D eigenvalue weighted by atomic mass is 16.5. The van der Waals surface area contributed by atoms with Gasteiger partial charge in [-0.3, -0.25) is 4.79 Å². The molecule has 0 spiro atoms.